The molecule has 1 heterocycles. The molecule has 2 N–H and O–H groups in total. The number of allylic oxidation sites excluding steroid dienone is 3. The third-order valence-corrected chi connectivity index (χ3v) is 6.32. The molecule has 0 radical (unpaired) electrons. The van der Waals surface area contributed by atoms with Gasteiger partial charge in [-0.2, -0.15) is 5.26 Å². The lowest BCUT2D eigenvalue weighted by Crippen LogP contribution is -2.33. The number of halogens is 1. The highest BCUT2D eigenvalue weighted by Crippen LogP contribution is 2.48. The number of carbonyl (C=O) groups is 1. The highest BCUT2D eigenvalue weighted by atomic mass is 19.1. The molecular weight excluding hydrogens is 419 g/mol. The van der Waals surface area contributed by atoms with Gasteiger partial charge in [0.25, 0.3) is 0 Å². The summed E-state index contributed by atoms with van der Waals surface area (Å²) in [5, 5.41) is 9.90. The molecule has 0 bridgehead atoms. The van der Waals surface area contributed by atoms with Crippen molar-refractivity contribution in [1.82, 2.24) is 0 Å². The second-order valence-corrected chi connectivity index (χ2v) is 9.58. The van der Waals surface area contributed by atoms with Crippen molar-refractivity contribution in [2.24, 2.45) is 11.1 Å². The van der Waals surface area contributed by atoms with Gasteiger partial charge in [0, 0.05) is 18.4 Å². The molecule has 0 saturated heterocycles. The summed E-state index contributed by atoms with van der Waals surface area (Å²) >= 11 is 0. The topological polar surface area (TPSA) is 85.3 Å². The molecule has 33 heavy (non-hydrogen) atoms. The van der Waals surface area contributed by atoms with E-state index in [0.29, 0.717) is 29.9 Å². The zero-order valence-electron chi connectivity index (χ0n) is 19.3. The quantitative estimate of drug-likeness (QED) is 0.673. The lowest BCUT2D eigenvalue weighted by Gasteiger charge is -2.37. The second-order valence-electron chi connectivity index (χ2n) is 9.58. The van der Waals surface area contributed by atoms with Crippen LogP contribution < -0.4 is 10.5 Å². The zero-order valence-corrected chi connectivity index (χ0v) is 19.3. The Morgan fingerprint density at radius 2 is 1.88 bits per heavy atom. The Bertz CT molecular complexity index is 1230. The van der Waals surface area contributed by atoms with E-state index in [1.54, 1.807) is 12.1 Å². The molecule has 5 nitrogen and oxygen atoms in total. The smallest absolute Gasteiger partial charge is 0.205 e. The van der Waals surface area contributed by atoms with Crippen molar-refractivity contribution in [2.75, 3.05) is 0 Å². The third kappa shape index (κ3) is 4.36. The average Bonchev–Trinajstić information content (AvgIpc) is 2.72. The van der Waals surface area contributed by atoms with E-state index in [1.807, 2.05) is 39.8 Å². The Hall–Kier alpha value is -3.59. The molecule has 170 valence electrons. The normalized spacial score (nSPS) is 19.6. The summed E-state index contributed by atoms with van der Waals surface area (Å²) in [5.41, 5.74) is 10.4. The van der Waals surface area contributed by atoms with Crippen LogP contribution >= 0.6 is 0 Å². The summed E-state index contributed by atoms with van der Waals surface area (Å²) in [6.45, 7) is 8.26. The average molecular weight is 447 g/mol. The van der Waals surface area contributed by atoms with Gasteiger partial charge < -0.3 is 15.2 Å². The van der Waals surface area contributed by atoms with E-state index in [0.717, 1.165) is 22.3 Å². The zero-order chi connectivity index (χ0) is 23.9. The summed E-state index contributed by atoms with van der Waals surface area (Å²) in [6, 6.07) is 12.0. The van der Waals surface area contributed by atoms with Crippen LogP contribution in [0.3, 0.4) is 0 Å². The van der Waals surface area contributed by atoms with Crippen molar-refractivity contribution in [3.8, 4) is 11.8 Å². The van der Waals surface area contributed by atoms with Crippen molar-refractivity contribution >= 4 is 5.78 Å². The number of aryl methyl sites for hydroxylation is 2. The number of nitriles is 1. The van der Waals surface area contributed by atoms with Crippen LogP contribution in [0.4, 0.5) is 4.39 Å². The van der Waals surface area contributed by atoms with Gasteiger partial charge in [-0.15, -0.1) is 0 Å². The van der Waals surface area contributed by atoms with Crippen LogP contribution in [0.2, 0.25) is 0 Å². The van der Waals surface area contributed by atoms with Crippen molar-refractivity contribution in [2.45, 2.75) is 53.1 Å². The highest BCUT2D eigenvalue weighted by molar-refractivity contribution is 6.00. The standard InChI is InChI=1S/C27H27FN2O3/c1-15-9-16(2)20(10-17(15)14-32-19-7-5-18(28)6-8-19)24-21(13-29)26(30)33-23-12-27(3,4)11-22(31)25(23)24/h5-10,24H,11-12,14,30H2,1-4H3. The second kappa shape index (κ2) is 8.40. The van der Waals surface area contributed by atoms with Gasteiger partial charge in [0.05, 0.1) is 5.92 Å². The van der Waals surface area contributed by atoms with Crippen LogP contribution in [0, 0.1) is 36.4 Å². The minimum absolute atomic E-state index is 0.0180. The number of hydrogen-bond acceptors (Lipinski definition) is 5. The summed E-state index contributed by atoms with van der Waals surface area (Å²) in [4.78, 5) is 13.2. The van der Waals surface area contributed by atoms with Crippen molar-refractivity contribution in [1.29, 1.82) is 5.26 Å². The first-order chi connectivity index (χ1) is 15.6. The number of nitrogens with two attached hydrogens (primary N) is 1. The van der Waals surface area contributed by atoms with Gasteiger partial charge in [0.1, 0.15) is 35.6 Å². The fourth-order valence-electron chi connectivity index (χ4n) is 4.67. The first-order valence-corrected chi connectivity index (χ1v) is 10.9. The molecule has 2 aliphatic rings. The van der Waals surface area contributed by atoms with Crippen LogP contribution in [0.25, 0.3) is 0 Å². The van der Waals surface area contributed by atoms with Gasteiger partial charge in [0.2, 0.25) is 5.88 Å². The Balaban J connectivity index is 1.77. The molecule has 0 spiro atoms. The lowest BCUT2D eigenvalue weighted by molar-refractivity contribution is -0.119. The van der Waals surface area contributed by atoms with Crippen LogP contribution in [-0.4, -0.2) is 5.78 Å². The maximum absolute atomic E-state index is 13.2. The fourth-order valence-corrected chi connectivity index (χ4v) is 4.67. The van der Waals surface area contributed by atoms with Gasteiger partial charge in [-0.05, 0) is 65.8 Å². The Kier molecular flexibility index (Phi) is 5.75. The Labute approximate surface area is 193 Å². The number of ketones is 1. The molecule has 2 aromatic carbocycles. The Morgan fingerprint density at radius 1 is 1.18 bits per heavy atom. The number of hydrogen-bond donors (Lipinski definition) is 1. The van der Waals surface area contributed by atoms with E-state index in [-0.39, 0.29) is 35.1 Å². The maximum Gasteiger partial charge on any atom is 0.205 e. The van der Waals surface area contributed by atoms with Gasteiger partial charge in [0.15, 0.2) is 5.78 Å². The van der Waals surface area contributed by atoms with Crippen molar-refractivity contribution in [3.63, 3.8) is 0 Å². The van der Waals surface area contributed by atoms with E-state index in [2.05, 4.69) is 6.07 Å². The molecule has 0 amide bonds. The number of benzene rings is 2. The lowest BCUT2D eigenvalue weighted by atomic mass is 9.69. The van der Waals surface area contributed by atoms with E-state index in [4.69, 9.17) is 15.2 Å². The van der Waals surface area contributed by atoms with Gasteiger partial charge in [-0.25, -0.2) is 4.39 Å². The number of nitrogens with zero attached hydrogens (tertiary/aromatic N) is 1. The molecular formula is C27H27FN2O3. The van der Waals surface area contributed by atoms with Crippen LogP contribution in [-0.2, 0) is 16.1 Å². The molecule has 1 aliphatic heterocycles. The van der Waals surface area contributed by atoms with E-state index < -0.39 is 5.92 Å². The van der Waals surface area contributed by atoms with Crippen LogP contribution in [0.1, 0.15) is 54.9 Å². The molecule has 1 aliphatic carbocycles. The molecule has 1 atom stereocenters. The van der Waals surface area contributed by atoms with E-state index >= 15 is 0 Å². The SMILES string of the molecule is Cc1cc(C)c(C2C(C#N)=C(N)OC3=C2C(=O)CC(C)(C)C3)cc1COc1ccc(F)cc1. The van der Waals surface area contributed by atoms with Crippen LogP contribution in [0.15, 0.2) is 59.2 Å². The van der Waals surface area contributed by atoms with Gasteiger partial charge in [-0.3, -0.25) is 4.79 Å². The van der Waals surface area contributed by atoms with E-state index in [9.17, 15) is 14.4 Å². The minimum atomic E-state index is -0.576. The summed E-state index contributed by atoms with van der Waals surface area (Å²) < 4.78 is 24.9. The first-order valence-electron chi connectivity index (χ1n) is 10.9. The number of rotatable bonds is 4. The third-order valence-electron chi connectivity index (χ3n) is 6.32. The highest BCUT2D eigenvalue weighted by Gasteiger charge is 2.43. The van der Waals surface area contributed by atoms with E-state index in [1.165, 1.54) is 12.1 Å². The molecule has 1 unspecified atom stereocenters. The first kappa shape index (κ1) is 22.6. The molecule has 4 rings (SSSR count). The minimum Gasteiger partial charge on any atom is -0.489 e. The molecule has 0 fully saturated rings. The Morgan fingerprint density at radius 3 is 2.55 bits per heavy atom. The molecule has 2 aromatic rings. The number of Topliss-reactive ketones (excluding diaryl/α,β-unsaturated/α-hetero) is 1. The van der Waals surface area contributed by atoms with Crippen molar-refractivity contribution < 1.29 is 18.7 Å². The molecule has 0 saturated carbocycles. The number of ether oxygens (including phenoxy) is 2. The number of carbonyl (C=O) groups excluding carboxylic acids is 1. The van der Waals surface area contributed by atoms with Gasteiger partial charge >= 0.3 is 0 Å². The summed E-state index contributed by atoms with van der Waals surface area (Å²) in [6.07, 6.45) is 0.963. The van der Waals surface area contributed by atoms with Crippen molar-refractivity contribution in [3.05, 3.63) is 87.3 Å². The monoisotopic (exact) mass is 446 g/mol. The predicted molar refractivity (Wildman–Crippen MR) is 122 cm³/mol. The van der Waals surface area contributed by atoms with Crippen LogP contribution in [0.5, 0.6) is 5.75 Å². The van der Waals surface area contributed by atoms with Gasteiger partial charge in [-0.1, -0.05) is 26.0 Å². The summed E-state index contributed by atoms with van der Waals surface area (Å²) in [5.74, 6) is 0.245. The summed E-state index contributed by atoms with van der Waals surface area (Å²) in [7, 11) is 0. The predicted octanol–water partition coefficient (Wildman–Crippen LogP) is 5.47. The molecule has 6 heteroatoms. The largest absolute Gasteiger partial charge is 0.489 e. The molecule has 0 aromatic heterocycles. The fraction of sp³-hybridized carbons (Fsp3) is 0.333. The maximum atomic E-state index is 13.2.